The summed E-state index contributed by atoms with van der Waals surface area (Å²) in [6.45, 7) is 7.44. The van der Waals surface area contributed by atoms with Gasteiger partial charge >= 0.3 is 0 Å². The molecule has 0 saturated carbocycles. The molecule has 1 atom stereocenters. The Bertz CT molecular complexity index is 530. The van der Waals surface area contributed by atoms with E-state index < -0.39 is 0 Å². The van der Waals surface area contributed by atoms with E-state index in [0.29, 0.717) is 6.04 Å². The molecule has 0 heterocycles. The van der Waals surface area contributed by atoms with Crippen LogP contribution in [0.15, 0.2) is 42.5 Å². The minimum absolute atomic E-state index is 0.230. The second kappa shape index (κ2) is 7.30. The fourth-order valence-electron chi connectivity index (χ4n) is 2.37. The molecule has 2 aromatic rings. The summed E-state index contributed by atoms with van der Waals surface area (Å²) in [6.07, 6.45) is 2.44. The van der Waals surface area contributed by atoms with E-state index in [2.05, 4.69) is 68.6 Å². The number of rotatable bonds is 7. The van der Waals surface area contributed by atoms with Crippen molar-refractivity contribution in [1.82, 2.24) is 5.32 Å². The first-order chi connectivity index (χ1) is 9.70. The first-order valence-corrected chi connectivity index (χ1v) is 7.58. The number of benzene rings is 2. The van der Waals surface area contributed by atoms with E-state index in [0.717, 1.165) is 25.1 Å². The number of hydrogen-bond acceptors (Lipinski definition) is 2. The van der Waals surface area contributed by atoms with Crippen molar-refractivity contribution in [2.75, 3.05) is 6.54 Å². The van der Waals surface area contributed by atoms with E-state index in [1.807, 2.05) is 0 Å². The average Bonchev–Trinajstić information content (AvgIpc) is 2.45. The Morgan fingerprint density at radius 1 is 1.05 bits per heavy atom. The zero-order chi connectivity index (χ0) is 14.4. The summed E-state index contributed by atoms with van der Waals surface area (Å²) in [4.78, 5) is 0. The summed E-state index contributed by atoms with van der Waals surface area (Å²) in [5, 5.41) is 5.90. The summed E-state index contributed by atoms with van der Waals surface area (Å²) < 4.78 is 6.26. The SMILES string of the molecule is CCCC(CNC(C)C)Oc1cccc2ccccc12. The molecule has 0 aliphatic rings. The molecule has 0 bridgehead atoms. The van der Waals surface area contributed by atoms with Crippen LogP contribution in [-0.2, 0) is 0 Å². The minimum atomic E-state index is 0.230. The zero-order valence-electron chi connectivity index (χ0n) is 12.7. The third-order valence-corrected chi connectivity index (χ3v) is 3.41. The van der Waals surface area contributed by atoms with Crippen LogP contribution < -0.4 is 10.1 Å². The third kappa shape index (κ3) is 3.97. The first kappa shape index (κ1) is 14.9. The monoisotopic (exact) mass is 271 g/mol. The lowest BCUT2D eigenvalue weighted by atomic mass is 10.1. The molecular weight excluding hydrogens is 246 g/mol. The molecule has 1 unspecified atom stereocenters. The lowest BCUT2D eigenvalue weighted by Gasteiger charge is -2.21. The van der Waals surface area contributed by atoms with Crippen molar-refractivity contribution in [2.45, 2.75) is 45.8 Å². The summed E-state index contributed by atoms with van der Waals surface area (Å²) in [5.74, 6) is 0.993. The van der Waals surface area contributed by atoms with Crippen LogP contribution in [0.3, 0.4) is 0 Å². The molecule has 0 aromatic heterocycles. The van der Waals surface area contributed by atoms with Crippen molar-refractivity contribution in [3.63, 3.8) is 0 Å². The summed E-state index contributed by atoms with van der Waals surface area (Å²) in [5.41, 5.74) is 0. The Balaban J connectivity index is 2.15. The second-order valence-corrected chi connectivity index (χ2v) is 5.57. The van der Waals surface area contributed by atoms with Gasteiger partial charge in [-0.15, -0.1) is 0 Å². The van der Waals surface area contributed by atoms with E-state index in [1.165, 1.54) is 10.8 Å². The number of hydrogen-bond donors (Lipinski definition) is 1. The van der Waals surface area contributed by atoms with E-state index in [-0.39, 0.29) is 6.10 Å². The molecule has 0 radical (unpaired) electrons. The first-order valence-electron chi connectivity index (χ1n) is 7.58. The number of fused-ring (bicyclic) bond motifs is 1. The van der Waals surface area contributed by atoms with Crippen molar-refractivity contribution >= 4 is 10.8 Å². The summed E-state index contributed by atoms with van der Waals surface area (Å²) in [7, 11) is 0. The molecule has 0 amide bonds. The lowest BCUT2D eigenvalue weighted by molar-refractivity contribution is 0.185. The topological polar surface area (TPSA) is 21.3 Å². The lowest BCUT2D eigenvalue weighted by Crippen LogP contribution is -2.35. The smallest absolute Gasteiger partial charge is 0.127 e. The highest BCUT2D eigenvalue weighted by Crippen LogP contribution is 2.26. The van der Waals surface area contributed by atoms with Gasteiger partial charge in [-0.3, -0.25) is 0 Å². The van der Waals surface area contributed by atoms with E-state index >= 15 is 0 Å². The van der Waals surface area contributed by atoms with E-state index in [9.17, 15) is 0 Å². The molecule has 1 N–H and O–H groups in total. The average molecular weight is 271 g/mol. The Labute approximate surface area is 122 Å². The second-order valence-electron chi connectivity index (χ2n) is 5.57. The predicted molar refractivity (Wildman–Crippen MR) is 86.4 cm³/mol. The third-order valence-electron chi connectivity index (χ3n) is 3.41. The molecule has 2 aromatic carbocycles. The Morgan fingerprint density at radius 3 is 2.55 bits per heavy atom. The Morgan fingerprint density at radius 2 is 1.80 bits per heavy atom. The van der Waals surface area contributed by atoms with E-state index in [4.69, 9.17) is 4.74 Å². The van der Waals surface area contributed by atoms with Gasteiger partial charge < -0.3 is 10.1 Å². The highest BCUT2D eigenvalue weighted by Gasteiger charge is 2.11. The van der Waals surface area contributed by atoms with Gasteiger partial charge in [-0.05, 0) is 17.9 Å². The maximum Gasteiger partial charge on any atom is 0.127 e. The van der Waals surface area contributed by atoms with Gasteiger partial charge in [-0.2, -0.15) is 0 Å². The normalized spacial score (nSPS) is 12.8. The molecule has 0 aliphatic carbocycles. The van der Waals surface area contributed by atoms with E-state index in [1.54, 1.807) is 0 Å². The van der Waals surface area contributed by atoms with Gasteiger partial charge in [0.15, 0.2) is 0 Å². The van der Waals surface area contributed by atoms with Crippen LogP contribution in [0.2, 0.25) is 0 Å². The molecule has 0 spiro atoms. The van der Waals surface area contributed by atoms with Crippen LogP contribution >= 0.6 is 0 Å². The fourth-order valence-corrected chi connectivity index (χ4v) is 2.37. The van der Waals surface area contributed by atoms with Gasteiger partial charge in [-0.25, -0.2) is 0 Å². The minimum Gasteiger partial charge on any atom is -0.488 e. The molecule has 2 heteroatoms. The van der Waals surface area contributed by atoms with Crippen LogP contribution in [0.1, 0.15) is 33.6 Å². The summed E-state index contributed by atoms with van der Waals surface area (Å²) in [6, 6.07) is 15.1. The fraction of sp³-hybridized carbons (Fsp3) is 0.444. The summed E-state index contributed by atoms with van der Waals surface area (Å²) >= 11 is 0. The van der Waals surface area contributed by atoms with Crippen LogP contribution in [-0.4, -0.2) is 18.7 Å². The Hall–Kier alpha value is -1.54. The highest BCUT2D eigenvalue weighted by molar-refractivity contribution is 5.88. The molecule has 2 rings (SSSR count). The van der Waals surface area contributed by atoms with Crippen LogP contribution in [0.5, 0.6) is 5.75 Å². The molecule has 0 saturated heterocycles. The molecule has 0 aliphatic heterocycles. The molecule has 2 nitrogen and oxygen atoms in total. The van der Waals surface area contributed by atoms with Crippen LogP contribution in [0.25, 0.3) is 10.8 Å². The van der Waals surface area contributed by atoms with Gasteiger partial charge in [0.05, 0.1) is 0 Å². The van der Waals surface area contributed by atoms with Gasteiger partial charge in [0, 0.05) is 18.0 Å². The van der Waals surface area contributed by atoms with Crippen molar-refractivity contribution < 1.29 is 4.74 Å². The van der Waals surface area contributed by atoms with Crippen molar-refractivity contribution in [3.05, 3.63) is 42.5 Å². The zero-order valence-corrected chi connectivity index (χ0v) is 12.7. The van der Waals surface area contributed by atoms with Gasteiger partial charge in [-0.1, -0.05) is 63.6 Å². The van der Waals surface area contributed by atoms with Crippen LogP contribution in [0, 0.1) is 0 Å². The maximum atomic E-state index is 6.26. The largest absolute Gasteiger partial charge is 0.488 e. The standard InChI is InChI=1S/C18H25NO/c1-4-8-16(13-19-14(2)3)20-18-12-7-10-15-9-5-6-11-17(15)18/h5-7,9-12,14,16,19H,4,8,13H2,1-3H3. The van der Waals surface area contributed by atoms with Gasteiger partial charge in [0.1, 0.15) is 11.9 Å². The van der Waals surface area contributed by atoms with Crippen molar-refractivity contribution in [3.8, 4) is 5.75 Å². The van der Waals surface area contributed by atoms with Gasteiger partial charge in [0.2, 0.25) is 0 Å². The molecule has 108 valence electrons. The highest BCUT2D eigenvalue weighted by atomic mass is 16.5. The molecule has 0 fully saturated rings. The van der Waals surface area contributed by atoms with Crippen LogP contribution in [0.4, 0.5) is 0 Å². The van der Waals surface area contributed by atoms with Crippen molar-refractivity contribution in [2.24, 2.45) is 0 Å². The number of nitrogens with one attached hydrogen (secondary N) is 1. The molecular formula is C18H25NO. The van der Waals surface area contributed by atoms with Gasteiger partial charge in [0.25, 0.3) is 0 Å². The predicted octanol–water partition coefficient (Wildman–Crippen LogP) is 4.39. The quantitative estimate of drug-likeness (QED) is 0.806. The van der Waals surface area contributed by atoms with Crippen molar-refractivity contribution in [1.29, 1.82) is 0 Å². The maximum absolute atomic E-state index is 6.26. The molecule has 20 heavy (non-hydrogen) atoms. The Kier molecular flexibility index (Phi) is 5.42. The number of ether oxygens (including phenoxy) is 1.